The minimum absolute atomic E-state index is 0.342. The minimum Gasteiger partial charge on any atom is -0.355 e. The van der Waals surface area contributed by atoms with E-state index in [-0.39, 0.29) is 0 Å². The molecule has 0 unspecified atom stereocenters. The Bertz CT molecular complexity index is 1290. The second kappa shape index (κ2) is 7.30. The van der Waals surface area contributed by atoms with Crippen molar-refractivity contribution in [1.29, 1.82) is 0 Å². The zero-order chi connectivity index (χ0) is 22.0. The first-order valence-corrected chi connectivity index (χ1v) is 11.8. The fourth-order valence-corrected chi connectivity index (χ4v) is 5.61. The predicted octanol–water partition coefficient (Wildman–Crippen LogP) is 4.20. The molecule has 4 aromatic rings. The average Bonchev–Trinajstić information content (AvgIpc) is 3.29. The van der Waals surface area contributed by atoms with Crippen molar-refractivity contribution < 1.29 is 0 Å². The number of anilines is 1. The van der Waals surface area contributed by atoms with Crippen LogP contribution >= 0.6 is 0 Å². The summed E-state index contributed by atoms with van der Waals surface area (Å²) in [5.74, 6) is 2.16. The number of pyridine rings is 2. The molecule has 0 aromatic carbocycles. The quantitative estimate of drug-likeness (QED) is 0.511. The van der Waals surface area contributed by atoms with E-state index in [0.29, 0.717) is 12.0 Å². The molecule has 3 aliphatic heterocycles. The monoisotopic (exact) mass is 429 g/mol. The van der Waals surface area contributed by atoms with Gasteiger partial charge in [0.25, 0.3) is 0 Å². The number of H-pyrrole nitrogens is 1. The topological polar surface area (TPSA) is 74.1 Å². The largest absolute Gasteiger partial charge is 0.355 e. The minimum atomic E-state index is 0.342. The Kier molecular flexibility index (Phi) is 4.50. The third-order valence-electron chi connectivity index (χ3n) is 7.50. The Hall–Kier alpha value is -2.93. The SMILES string of the molecule is Cc1c(-c2[nH]c3ccc(N4C[C@H]5CC[C@H](C4)NC5)nc3c2C(C)C)cn2ncnc2c1C. The Labute approximate surface area is 188 Å². The number of aryl methyl sites for hydroxylation is 1. The summed E-state index contributed by atoms with van der Waals surface area (Å²) < 4.78 is 1.88. The molecule has 3 aliphatic rings. The van der Waals surface area contributed by atoms with Crippen LogP contribution in [-0.4, -0.2) is 50.2 Å². The van der Waals surface area contributed by atoms with Crippen LogP contribution in [0.5, 0.6) is 0 Å². The van der Waals surface area contributed by atoms with Crippen molar-refractivity contribution in [2.24, 2.45) is 5.92 Å². The molecule has 2 N–H and O–H groups in total. The second-order valence-electron chi connectivity index (χ2n) is 9.91. The number of fused-ring (bicyclic) bond motifs is 6. The van der Waals surface area contributed by atoms with Gasteiger partial charge in [0.15, 0.2) is 5.65 Å². The van der Waals surface area contributed by atoms with Crippen molar-refractivity contribution in [2.45, 2.75) is 52.5 Å². The van der Waals surface area contributed by atoms with Gasteiger partial charge in [-0.2, -0.15) is 5.10 Å². The second-order valence-corrected chi connectivity index (χ2v) is 9.91. The maximum Gasteiger partial charge on any atom is 0.158 e. The smallest absolute Gasteiger partial charge is 0.158 e. The molecule has 4 aromatic heterocycles. The Morgan fingerprint density at radius 2 is 1.97 bits per heavy atom. The van der Waals surface area contributed by atoms with Crippen LogP contribution in [0.2, 0.25) is 0 Å². The van der Waals surface area contributed by atoms with Crippen LogP contribution in [0.3, 0.4) is 0 Å². The summed E-state index contributed by atoms with van der Waals surface area (Å²) in [5.41, 5.74) is 9.09. The molecule has 0 spiro atoms. The van der Waals surface area contributed by atoms with Crippen LogP contribution < -0.4 is 10.2 Å². The lowest BCUT2D eigenvalue weighted by atomic mass is 9.95. The Morgan fingerprint density at radius 3 is 2.75 bits per heavy atom. The Balaban J connectivity index is 1.50. The van der Waals surface area contributed by atoms with Crippen LogP contribution in [0.1, 0.15) is 49.3 Å². The van der Waals surface area contributed by atoms with E-state index in [2.05, 4.69) is 71.3 Å². The lowest BCUT2D eigenvalue weighted by Gasteiger charge is -2.23. The number of aromatic nitrogens is 5. The van der Waals surface area contributed by atoms with E-state index in [1.165, 1.54) is 29.5 Å². The molecule has 7 heteroatoms. The summed E-state index contributed by atoms with van der Waals surface area (Å²) in [6, 6.07) is 4.98. The van der Waals surface area contributed by atoms with Gasteiger partial charge in [0.1, 0.15) is 12.1 Å². The van der Waals surface area contributed by atoms with Gasteiger partial charge < -0.3 is 15.2 Å². The third kappa shape index (κ3) is 3.02. The van der Waals surface area contributed by atoms with Crippen molar-refractivity contribution in [3.05, 3.63) is 41.3 Å². The molecule has 7 rings (SSSR count). The van der Waals surface area contributed by atoms with Gasteiger partial charge >= 0.3 is 0 Å². The summed E-state index contributed by atoms with van der Waals surface area (Å²) in [6.45, 7) is 12.1. The number of hydrogen-bond donors (Lipinski definition) is 2. The fraction of sp³-hybridized carbons (Fsp3) is 0.480. The zero-order valence-electron chi connectivity index (χ0n) is 19.3. The highest BCUT2D eigenvalue weighted by Crippen LogP contribution is 2.38. The Morgan fingerprint density at radius 1 is 1.09 bits per heavy atom. The highest BCUT2D eigenvalue weighted by atomic mass is 15.3. The maximum atomic E-state index is 5.24. The van der Waals surface area contributed by atoms with Crippen molar-refractivity contribution >= 4 is 22.5 Å². The average molecular weight is 430 g/mol. The number of nitrogens with zero attached hydrogens (tertiary/aromatic N) is 5. The van der Waals surface area contributed by atoms with Gasteiger partial charge in [-0.15, -0.1) is 0 Å². The van der Waals surface area contributed by atoms with Gasteiger partial charge in [-0.05, 0) is 68.3 Å². The molecule has 0 radical (unpaired) electrons. The summed E-state index contributed by atoms with van der Waals surface area (Å²) in [5, 5.41) is 8.11. The van der Waals surface area contributed by atoms with E-state index < -0.39 is 0 Å². The van der Waals surface area contributed by atoms with Crippen molar-refractivity contribution in [3.8, 4) is 11.3 Å². The first kappa shape index (κ1) is 19.7. The third-order valence-corrected chi connectivity index (χ3v) is 7.50. The lowest BCUT2D eigenvalue weighted by molar-refractivity contribution is 0.360. The van der Waals surface area contributed by atoms with Crippen molar-refractivity contribution in [3.63, 3.8) is 0 Å². The molecule has 32 heavy (non-hydrogen) atoms. The van der Waals surface area contributed by atoms with Gasteiger partial charge in [0.05, 0.1) is 16.7 Å². The number of piperidine rings is 1. The highest BCUT2D eigenvalue weighted by molar-refractivity contribution is 5.90. The van der Waals surface area contributed by atoms with Crippen LogP contribution in [0.25, 0.3) is 27.9 Å². The van der Waals surface area contributed by atoms with Gasteiger partial charge in [0, 0.05) is 36.5 Å². The van der Waals surface area contributed by atoms with Crippen molar-refractivity contribution in [2.75, 3.05) is 24.5 Å². The lowest BCUT2D eigenvalue weighted by Crippen LogP contribution is -2.39. The molecule has 2 atom stereocenters. The standard InChI is InChI=1S/C25H31N7/c1-14(2)22-23(19-12-32-25(27-13-28-32)16(4)15(19)3)29-20-7-8-21(30-24(20)22)31-10-17-5-6-18(11-31)26-9-17/h7-8,12-14,17-18,26,29H,5-6,9-11H2,1-4H3/t17-,18+/m0/s1. The van der Waals surface area contributed by atoms with Crippen LogP contribution in [-0.2, 0) is 0 Å². The first-order chi connectivity index (χ1) is 15.5. The van der Waals surface area contributed by atoms with E-state index in [0.717, 1.165) is 59.3 Å². The molecule has 166 valence electrons. The van der Waals surface area contributed by atoms with E-state index in [4.69, 9.17) is 4.98 Å². The maximum absolute atomic E-state index is 5.24. The van der Waals surface area contributed by atoms with Gasteiger partial charge in [-0.25, -0.2) is 14.5 Å². The van der Waals surface area contributed by atoms with E-state index >= 15 is 0 Å². The summed E-state index contributed by atoms with van der Waals surface area (Å²) in [4.78, 5) is 15.9. The van der Waals surface area contributed by atoms with Crippen LogP contribution in [0, 0.1) is 19.8 Å². The summed E-state index contributed by atoms with van der Waals surface area (Å²) >= 11 is 0. The van der Waals surface area contributed by atoms with Crippen molar-refractivity contribution in [1.82, 2.24) is 29.9 Å². The number of hydrogen-bond acceptors (Lipinski definition) is 5. The predicted molar refractivity (Wildman–Crippen MR) is 128 cm³/mol. The molecule has 0 saturated carbocycles. The molecule has 7 nitrogen and oxygen atoms in total. The number of nitrogens with one attached hydrogen (secondary N) is 2. The van der Waals surface area contributed by atoms with Crippen LogP contribution in [0.15, 0.2) is 24.7 Å². The van der Waals surface area contributed by atoms with Gasteiger partial charge in [-0.3, -0.25) is 0 Å². The van der Waals surface area contributed by atoms with Gasteiger partial charge in [-0.1, -0.05) is 13.8 Å². The molecule has 7 heterocycles. The first-order valence-electron chi connectivity index (χ1n) is 11.8. The van der Waals surface area contributed by atoms with E-state index in [1.54, 1.807) is 6.33 Å². The normalized spacial score (nSPS) is 21.2. The molecule has 2 bridgehead atoms. The molecule has 3 fully saturated rings. The summed E-state index contributed by atoms with van der Waals surface area (Å²) in [6.07, 6.45) is 6.32. The molecule has 3 saturated heterocycles. The molecular weight excluding hydrogens is 398 g/mol. The van der Waals surface area contributed by atoms with Crippen LogP contribution in [0.4, 0.5) is 5.82 Å². The number of aromatic amines is 1. The summed E-state index contributed by atoms with van der Waals surface area (Å²) in [7, 11) is 0. The molecule has 0 amide bonds. The molecular formula is C25H31N7. The number of rotatable bonds is 3. The van der Waals surface area contributed by atoms with E-state index in [9.17, 15) is 0 Å². The highest BCUT2D eigenvalue weighted by Gasteiger charge is 2.30. The molecule has 0 aliphatic carbocycles. The zero-order valence-corrected chi connectivity index (χ0v) is 19.3. The van der Waals surface area contributed by atoms with Gasteiger partial charge in [0.2, 0.25) is 0 Å². The van der Waals surface area contributed by atoms with E-state index in [1.807, 2.05) is 4.52 Å². The fourth-order valence-electron chi connectivity index (χ4n) is 5.61.